The Labute approximate surface area is 178 Å². The lowest BCUT2D eigenvalue weighted by atomic mass is 10.2. The number of esters is 1. The van der Waals surface area contributed by atoms with Gasteiger partial charge >= 0.3 is 5.97 Å². The first-order chi connectivity index (χ1) is 14.6. The summed E-state index contributed by atoms with van der Waals surface area (Å²) in [6.45, 7) is 8.55. The first-order valence-corrected chi connectivity index (χ1v) is 10.4. The molecule has 2 aromatic rings. The molecule has 0 spiro atoms. The van der Waals surface area contributed by atoms with Crippen LogP contribution in [0.5, 0.6) is 5.75 Å². The number of hydrogen-bond acceptors (Lipinski definition) is 6. The second kappa shape index (κ2) is 11.5. The number of pyridine rings is 1. The number of carbonyl (C=O) groups excluding carboxylic acids is 1. The summed E-state index contributed by atoms with van der Waals surface area (Å²) >= 11 is 0. The summed E-state index contributed by atoms with van der Waals surface area (Å²) in [5.74, 6) is 0.997. The van der Waals surface area contributed by atoms with E-state index in [1.807, 2.05) is 42.5 Å². The number of aromatic nitrogens is 1. The molecule has 1 aliphatic rings. The van der Waals surface area contributed by atoms with Gasteiger partial charge in [-0.3, -0.25) is 9.88 Å². The fourth-order valence-electron chi connectivity index (χ4n) is 3.27. The average Bonchev–Trinajstić information content (AvgIpc) is 2.76. The molecule has 1 unspecified atom stereocenters. The molecule has 1 fully saturated rings. The number of carbonyl (C=O) groups is 1. The molecule has 1 aromatic heterocycles. The lowest BCUT2D eigenvalue weighted by Gasteiger charge is -2.33. The Kier molecular flexibility index (Phi) is 8.41. The molecule has 0 N–H and O–H groups in total. The molecular formula is C24H30N2O4. The van der Waals surface area contributed by atoms with E-state index >= 15 is 0 Å². The fourth-order valence-corrected chi connectivity index (χ4v) is 3.27. The van der Waals surface area contributed by atoms with Gasteiger partial charge in [-0.1, -0.05) is 32.0 Å². The smallest absolute Gasteiger partial charge is 0.330 e. The third kappa shape index (κ3) is 7.61. The van der Waals surface area contributed by atoms with Crippen LogP contribution in [0.3, 0.4) is 0 Å². The largest absolute Gasteiger partial charge is 0.487 e. The van der Waals surface area contributed by atoms with Crippen LogP contribution in [0.1, 0.15) is 25.1 Å². The van der Waals surface area contributed by atoms with Crippen LogP contribution >= 0.6 is 0 Å². The van der Waals surface area contributed by atoms with Crippen molar-refractivity contribution in [2.75, 3.05) is 32.8 Å². The topological polar surface area (TPSA) is 60.9 Å². The van der Waals surface area contributed by atoms with Crippen molar-refractivity contribution in [2.24, 2.45) is 5.92 Å². The number of benzene rings is 1. The lowest BCUT2D eigenvalue weighted by Crippen LogP contribution is -2.45. The zero-order valence-electron chi connectivity index (χ0n) is 17.7. The summed E-state index contributed by atoms with van der Waals surface area (Å²) in [4.78, 5) is 18.6. The van der Waals surface area contributed by atoms with E-state index < -0.39 is 0 Å². The summed E-state index contributed by atoms with van der Waals surface area (Å²) in [6, 6.07) is 13.3. The Morgan fingerprint density at radius 3 is 2.83 bits per heavy atom. The SMILES string of the molecule is CC(C)CN1CCOC(COC(=O)/C=C/c2ccc(OCc3ccccn3)cc2)C1. The van der Waals surface area contributed by atoms with Gasteiger partial charge in [0.2, 0.25) is 0 Å². The van der Waals surface area contributed by atoms with Crippen molar-refractivity contribution >= 4 is 12.0 Å². The first-order valence-electron chi connectivity index (χ1n) is 10.4. The van der Waals surface area contributed by atoms with E-state index in [4.69, 9.17) is 14.2 Å². The highest BCUT2D eigenvalue weighted by Gasteiger charge is 2.21. The highest BCUT2D eigenvalue weighted by atomic mass is 16.6. The van der Waals surface area contributed by atoms with Gasteiger partial charge < -0.3 is 14.2 Å². The Balaban J connectivity index is 1.40. The number of hydrogen-bond donors (Lipinski definition) is 0. The lowest BCUT2D eigenvalue weighted by molar-refractivity contribution is -0.144. The quantitative estimate of drug-likeness (QED) is 0.465. The molecule has 1 atom stereocenters. The molecule has 6 nitrogen and oxygen atoms in total. The van der Waals surface area contributed by atoms with Gasteiger partial charge in [0.15, 0.2) is 0 Å². The number of nitrogens with zero attached hydrogens (tertiary/aromatic N) is 2. The zero-order chi connectivity index (χ0) is 21.2. The van der Waals surface area contributed by atoms with Crippen LogP contribution in [-0.4, -0.2) is 54.8 Å². The predicted molar refractivity (Wildman–Crippen MR) is 116 cm³/mol. The third-order valence-electron chi connectivity index (χ3n) is 4.66. The highest BCUT2D eigenvalue weighted by Crippen LogP contribution is 2.15. The van der Waals surface area contributed by atoms with E-state index in [0.717, 1.165) is 36.6 Å². The van der Waals surface area contributed by atoms with Crippen LogP contribution in [0, 0.1) is 5.92 Å². The summed E-state index contributed by atoms with van der Waals surface area (Å²) in [6.07, 6.45) is 4.86. The molecule has 6 heteroatoms. The standard InChI is InChI=1S/C24H30N2O4/c1-19(2)15-26-13-14-28-23(16-26)18-30-24(27)11-8-20-6-9-22(10-7-20)29-17-21-5-3-4-12-25-21/h3-12,19,23H,13-18H2,1-2H3/b11-8+. The van der Waals surface area contributed by atoms with Crippen LogP contribution < -0.4 is 4.74 Å². The van der Waals surface area contributed by atoms with Crippen molar-refractivity contribution in [2.45, 2.75) is 26.6 Å². The van der Waals surface area contributed by atoms with Crippen molar-refractivity contribution in [3.8, 4) is 5.75 Å². The molecule has 1 aromatic carbocycles. The minimum Gasteiger partial charge on any atom is -0.487 e. The Bertz CT molecular complexity index is 806. The predicted octanol–water partition coefficient (Wildman–Crippen LogP) is 3.57. The van der Waals surface area contributed by atoms with Gasteiger partial charge in [0.25, 0.3) is 0 Å². The maximum absolute atomic E-state index is 12.0. The molecular weight excluding hydrogens is 380 g/mol. The van der Waals surface area contributed by atoms with E-state index in [0.29, 0.717) is 19.1 Å². The summed E-state index contributed by atoms with van der Waals surface area (Å²) < 4.78 is 16.8. The van der Waals surface area contributed by atoms with E-state index in [9.17, 15) is 4.79 Å². The maximum Gasteiger partial charge on any atom is 0.330 e. The summed E-state index contributed by atoms with van der Waals surface area (Å²) in [5, 5.41) is 0. The molecule has 160 valence electrons. The molecule has 0 bridgehead atoms. The fraction of sp³-hybridized carbons (Fsp3) is 0.417. The first kappa shape index (κ1) is 22.0. The van der Waals surface area contributed by atoms with Gasteiger partial charge in [-0.15, -0.1) is 0 Å². The van der Waals surface area contributed by atoms with Crippen LogP contribution in [0.4, 0.5) is 0 Å². The normalized spacial score (nSPS) is 17.4. The van der Waals surface area contributed by atoms with Crippen LogP contribution in [0.2, 0.25) is 0 Å². The van der Waals surface area contributed by atoms with Gasteiger partial charge in [-0.25, -0.2) is 4.79 Å². The van der Waals surface area contributed by atoms with E-state index in [-0.39, 0.29) is 18.7 Å². The van der Waals surface area contributed by atoms with Gasteiger partial charge in [-0.05, 0) is 41.8 Å². The van der Waals surface area contributed by atoms with Crippen molar-refractivity contribution < 1.29 is 19.0 Å². The van der Waals surface area contributed by atoms with Gasteiger partial charge in [0.1, 0.15) is 25.1 Å². The van der Waals surface area contributed by atoms with E-state index in [1.54, 1.807) is 12.3 Å². The van der Waals surface area contributed by atoms with E-state index in [2.05, 4.69) is 23.7 Å². The zero-order valence-corrected chi connectivity index (χ0v) is 17.7. The minimum absolute atomic E-state index is 0.0645. The van der Waals surface area contributed by atoms with Crippen LogP contribution in [-0.2, 0) is 20.9 Å². The molecule has 0 amide bonds. The summed E-state index contributed by atoms with van der Waals surface area (Å²) in [5.41, 5.74) is 1.77. The monoisotopic (exact) mass is 410 g/mol. The van der Waals surface area contributed by atoms with Gasteiger partial charge in [0, 0.05) is 31.9 Å². The third-order valence-corrected chi connectivity index (χ3v) is 4.66. The molecule has 1 aliphatic heterocycles. The van der Waals surface area contributed by atoms with Gasteiger partial charge in [0.05, 0.1) is 12.3 Å². The Morgan fingerprint density at radius 2 is 2.10 bits per heavy atom. The van der Waals surface area contributed by atoms with Crippen molar-refractivity contribution in [3.05, 3.63) is 66.0 Å². The Hall–Kier alpha value is -2.70. The maximum atomic E-state index is 12.0. The molecule has 0 aliphatic carbocycles. The molecule has 1 saturated heterocycles. The second-order valence-electron chi connectivity index (χ2n) is 7.79. The van der Waals surface area contributed by atoms with Crippen molar-refractivity contribution in [1.82, 2.24) is 9.88 Å². The van der Waals surface area contributed by atoms with Crippen molar-refractivity contribution in [1.29, 1.82) is 0 Å². The number of rotatable bonds is 9. The van der Waals surface area contributed by atoms with Crippen LogP contribution in [0.25, 0.3) is 6.08 Å². The number of ether oxygens (including phenoxy) is 3. The van der Waals surface area contributed by atoms with Crippen LogP contribution in [0.15, 0.2) is 54.7 Å². The second-order valence-corrected chi connectivity index (χ2v) is 7.79. The molecule has 3 rings (SSSR count). The van der Waals surface area contributed by atoms with Crippen molar-refractivity contribution in [3.63, 3.8) is 0 Å². The van der Waals surface area contributed by atoms with Gasteiger partial charge in [-0.2, -0.15) is 0 Å². The average molecular weight is 411 g/mol. The molecule has 0 saturated carbocycles. The Morgan fingerprint density at radius 1 is 1.27 bits per heavy atom. The molecule has 0 radical (unpaired) electrons. The van der Waals surface area contributed by atoms with E-state index in [1.165, 1.54) is 6.08 Å². The minimum atomic E-state index is -0.366. The molecule has 30 heavy (non-hydrogen) atoms. The summed E-state index contributed by atoms with van der Waals surface area (Å²) in [7, 11) is 0. The highest BCUT2D eigenvalue weighted by molar-refractivity contribution is 5.87. The number of morpholine rings is 1. The molecule has 2 heterocycles.